The monoisotopic (exact) mass is 251 g/mol. The van der Waals surface area contributed by atoms with E-state index in [1.807, 2.05) is 23.6 Å². The molecule has 1 atom stereocenters. The first-order valence-electron chi connectivity index (χ1n) is 5.76. The molecule has 2 N–H and O–H groups in total. The Morgan fingerprint density at radius 3 is 3.06 bits per heavy atom. The van der Waals surface area contributed by atoms with E-state index >= 15 is 0 Å². The largest absolute Gasteiger partial charge is 0.458 e. The van der Waals surface area contributed by atoms with Gasteiger partial charge in [-0.25, -0.2) is 4.98 Å². The van der Waals surface area contributed by atoms with Crippen molar-refractivity contribution in [3.63, 3.8) is 0 Å². The van der Waals surface area contributed by atoms with Crippen LogP contribution in [-0.4, -0.2) is 9.55 Å². The quantitative estimate of drug-likeness (QED) is 0.848. The minimum atomic E-state index is -0.0563. The summed E-state index contributed by atoms with van der Waals surface area (Å²) in [6.07, 6.45) is 2.88. The van der Waals surface area contributed by atoms with Crippen LogP contribution < -0.4 is 5.73 Å². The van der Waals surface area contributed by atoms with Crippen LogP contribution in [0.1, 0.15) is 30.5 Å². The van der Waals surface area contributed by atoms with Crippen LogP contribution in [0.3, 0.4) is 0 Å². The zero-order valence-electron chi connectivity index (χ0n) is 9.61. The van der Waals surface area contributed by atoms with Gasteiger partial charge in [-0.3, -0.25) is 0 Å². The third-order valence-corrected chi connectivity index (χ3v) is 3.47. The minimum absolute atomic E-state index is 0.0563. The maximum Gasteiger partial charge on any atom is 0.179 e. The van der Waals surface area contributed by atoms with E-state index in [0.29, 0.717) is 5.15 Å². The zero-order valence-corrected chi connectivity index (χ0v) is 10.4. The van der Waals surface area contributed by atoms with Crippen molar-refractivity contribution in [2.75, 3.05) is 0 Å². The maximum atomic E-state index is 6.16. The topological polar surface area (TPSA) is 57.0 Å². The Balaban J connectivity index is 2.18. The summed E-state index contributed by atoms with van der Waals surface area (Å²) in [6.45, 7) is 1.91. The summed E-state index contributed by atoms with van der Waals surface area (Å²) in [5, 5.41) is 0.546. The highest BCUT2D eigenvalue weighted by Crippen LogP contribution is 2.33. The SMILES string of the molecule is Cc1ccc(-c2nc(Cl)c3n2C(N)CCC3)o1. The van der Waals surface area contributed by atoms with E-state index in [9.17, 15) is 0 Å². The second-order valence-electron chi connectivity index (χ2n) is 4.41. The molecular weight excluding hydrogens is 238 g/mol. The maximum absolute atomic E-state index is 6.16. The number of nitrogens with zero attached hydrogens (tertiary/aromatic N) is 2. The Labute approximate surface area is 104 Å². The number of rotatable bonds is 1. The molecule has 0 aliphatic carbocycles. The Kier molecular flexibility index (Phi) is 2.49. The van der Waals surface area contributed by atoms with E-state index in [4.69, 9.17) is 21.8 Å². The number of aromatic nitrogens is 2. The summed E-state index contributed by atoms with van der Waals surface area (Å²) in [7, 11) is 0. The average molecular weight is 252 g/mol. The molecule has 3 heterocycles. The second kappa shape index (κ2) is 3.89. The molecule has 0 bridgehead atoms. The van der Waals surface area contributed by atoms with Gasteiger partial charge in [-0.05, 0) is 38.3 Å². The predicted octanol–water partition coefficient (Wildman–Crippen LogP) is 2.90. The van der Waals surface area contributed by atoms with Gasteiger partial charge in [0.05, 0.1) is 11.9 Å². The Morgan fingerprint density at radius 1 is 1.53 bits per heavy atom. The molecule has 0 fully saturated rings. The molecule has 2 aromatic heterocycles. The molecule has 1 unspecified atom stereocenters. The highest BCUT2D eigenvalue weighted by Gasteiger charge is 2.25. The van der Waals surface area contributed by atoms with E-state index in [1.165, 1.54) is 0 Å². The fourth-order valence-electron chi connectivity index (χ4n) is 2.36. The van der Waals surface area contributed by atoms with Gasteiger partial charge in [0.1, 0.15) is 5.76 Å². The molecule has 2 aromatic rings. The van der Waals surface area contributed by atoms with Gasteiger partial charge in [0.2, 0.25) is 0 Å². The van der Waals surface area contributed by atoms with Crippen molar-refractivity contribution in [1.82, 2.24) is 9.55 Å². The number of halogens is 1. The number of nitrogens with two attached hydrogens (primary N) is 1. The van der Waals surface area contributed by atoms with Crippen molar-refractivity contribution in [3.8, 4) is 11.6 Å². The van der Waals surface area contributed by atoms with E-state index in [2.05, 4.69) is 4.98 Å². The molecule has 0 saturated carbocycles. The van der Waals surface area contributed by atoms with Crippen LogP contribution in [0.4, 0.5) is 0 Å². The van der Waals surface area contributed by atoms with Crippen LogP contribution in [-0.2, 0) is 6.42 Å². The minimum Gasteiger partial charge on any atom is -0.458 e. The van der Waals surface area contributed by atoms with Crippen molar-refractivity contribution < 1.29 is 4.42 Å². The predicted molar refractivity (Wildman–Crippen MR) is 65.8 cm³/mol. The van der Waals surface area contributed by atoms with E-state index in [-0.39, 0.29) is 6.17 Å². The van der Waals surface area contributed by atoms with Gasteiger partial charge >= 0.3 is 0 Å². The molecular formula is C12H14ClN3O. The van der Waals surface area contributed by atoms with E-state index < -0.39 is 0 Å². The molecule has 5 heteroatoms. The van der Waals surface area contributed by atoms with Crippen molar-refractivity contribution in [1.29, 1.82) is 0 Å². The molecule has 0 amide bonds. The van der Waals surface area contributed by atoms with Crippen LogP contribution in [0.25, 0.3) is 11.6 Å². The van der Waals surface area contributed by atoms with Crippen LogP contribution in [0, 0.1) is 6.92 Å². The van der Waals surface area contributed by atoms with E-state index in [1.54, 1.807) is 0 Å². The molecule has 4 nitrogen and oxygen atoms in total. The average Bonchev–Trinajstić information content (AvgIpc) is 2.85. The lowest BCUT2D eigenvalue weighted by Crippen LogP contribution is -2.25. The third-order valence-electron chi connectivity index (χ3n) is 3.17. The molecule has 0 aromatic carbocycles. The number of imidazole rings is 1. The van der Waals surface area contributed by atoms with Gasteiger partial charge in [-0.1, -0.05) is 11.6 Å². The highest BCUT2D eigenvalue weighted by molar-refractivity contribution is 6.30. The molecule has 1 aliphatic rings. The van der Waals surface area contributed by atoms with E-state index in [0.717, 1.165) is 42.3 Å². The summed E-state index contributed by atoms with van der Waals surface area (Å²) in [5.74, 6) is 2.33. The number of fused-ring (bicyclic) bond motifs is 1. The fraction of sp³-hybridized carbons (Fsp3) is 0.417. The van der Waals surface area contributed by atoms with Gasteiger partial charge in [-0.15, -0.1) is 0 Å². The van der Waals surface area contributed by atoms with Gasteiger partial charge in [0.15, 0.2) is 16.7 Å². The first-order valence-corrected chi connectivity index (χ1v) is 6.13. The summed E-state index contributed by atoms with van der Waals surface area (Å²) >= 11 is 6.16. The first-order chi connectivity index (χ1) is 8.16. The molecule has 0 radical (unpaired) electrons. The number of furan rings is 1. The summed E-state index contributed by atoms with van der Waals surface area (Å²) < 4.78 is 7.60. The summed E-state index contributed by atoms with van der Waals surface area (Å²) in [6, 6.07) is 3.82. The number of aryl methyl sites for hydroxylation is 1. The number of hydrogen-bond donors (Lipinski definition) is 1. The molecule has 0 spiro atoms. The zero-order chi connectivity index (χ0) is 12.0. The molecule has 0 saturated heterocycles. The standard InChI is InChI=1S/C12H14ClN3O/c1-7-5-6-9(17-7)12-15-11(13)8-3-2-4-10(14)16(8)12/h5-6,10H,2-4,14H2,1H3. The van der Waals surface area contributed by atoms with Gasteiger partial charge in [0, 0.05) is 0 Å². The molecule has 17 heavy (non-hydrogen) atoms. The summed E-state index contributed by atoms with van der Waals surface area (Å²) in [4.78, 5) is 4.38. The molecule has 1 aliphatic heterocycles. The lowest BCUT2D eigenvalue weighted by atomic mass is 10.1. The smallest absolute Gasteiger partial charge is 0.179 e. The lowest BCUT2D eigenvalue weighted by molar-refractivity contribution is 0.412. The Bertz CT molecular complexity index is 558. The molecule has 90 valence electrons. The Morgan fingerprint density at radius 2 is 2.35 bits per heavy atom. The van der Waals surface area contributed by atoms with Crippen LogP contribution in [0.15, 0.2) is 16.5 Å². The third kappa shape index (κ3) is 1.68. The van der Waals surface area contributed by atoms with Crippen molar-refractivity contribution in [2.24, 2.45) is 5.73 Å². The van der Waals surface area contributed by atoms with Crippen LogP contribution >= 0.6 is 11.6 Å². The van der Waals surface area contributed by atoms with Crippen molar-refractivity contribution in [3.05, 3.63) is 28.7 Å². The van der Waals surface area contributed by atoms with Crippen LogP contribution in [0.5, 0.6) is 0 Å². The summed E-state index contributed by atoms with van der Waals surface area (Å²) in [5.41, 5.74) is 7.15. The lowest BCUT2D eigenvalue weighted by Gasteiger charge is -2.23. The van der Waals surface area contributed by atoms with Gasteiger partial charge in [-0.2, -0.15) is 0 Å². The highest BCUT2D eigenvalue weighted by atomic mass is 35.5. The second-order valence-corrected chi connectivity index (χ2v) is 4.77. The normalized spacial score (nSPS) is 19.4. The fourth-order valence-corrected chi connectivity index (χ4v) is 2.62. The first kappa shape index (κ1) is 10.9. The van der Waals surface area contributed by atoms with Crippen LogP contribution in [0.2, 0.25) is 5.15 Å². The van der Waals surface area contributed by atoms with Gasteiger partial charge < -0.3 is 14.7 Å². The number of hydrogen-bond acceptors (Lipinski definition) is 3. The van der Waals surface area contributed by atoms with Gasteiger partial charge in [0.25, 0.3) is 0 Å². The molecule has 3 rings (SSSR count). The Hall–Kier alpha value is -1.26. The van der Waals surface area contributed by atoms with Crippen molar-refractivity contribution >= 4 is 11.6 Å². The van der Waals surface area contributed by atoms with Crippen molar-refractivity contribution in [2.45, 2.75) is 32.4 Å².